The number of nitrogens with one attached hydrogen (secondary N) is 2. The molecule has 0 aliphatic rings. The van der Waals surface area contributed by atoms with E-state index in [2.05, 4.69) is 10.3 Å². The molecule has 22 heavy (non-hydrogen) atoms. The van der Waals surface area contributed by atoms with Crippen LogP contribution in [0.15, 0.2) is 24.3 Å². The first-order chi connectivity index (χ1) is 10.5. The second kappa shape index (κ2) is 6.94. The normalized spacial score (nSPS) is 11.9. The van der Waals surface area contributed by atoms with Crippen LogP contribution in [0.5, 0.6) is 11.5 Å². The number of carbonyl (C=O) groups excluding carboxylic acids is 1. The number of aromatic amines is 1. The lowest BCUT2D eigenvalue weighted by Crippen LogP contribution is -2.26. The fourth-order valence-corrected chi connectivity index (χ4v) is 2.32. The van der Waals surface area contributed by atoms with Crippen molar-refractivity contribution in [3.8, 4) is 11.5 Å². The molecule has 0 bridgehead atoms. The topological polar surface area (TPSA) is 63.3 Å². The summed E-state index contributed by atoms with van der Waals surface area (Å²) in [6.45, 7) is 1.87. The summed E-state index contributed by atoms with van der Waals surface area (Å²) in [7, 11) is 3.13. The first-order valence-corrected chi connectivity index (χ1v) is 7.28. The molecule has 5 nitrogen and oxygen atoms in total. The minimum atomic E-state index is -0.295. The van der Waals surface area contributed by atoms with Crippen LogP contribution in [-0.4, -0.2) is 25.1 Å². The van der Waals surface area contributed by atoms with Gasteiger partial charge < -0.3 is 19.8 Å². The summed E-state index contributed by atoms with van der Waals surface area (Å²) < 4.78 is 10.4. The quantitative estimate of drug-likeness (QED) is 0.867. The molecule has 7 heteroatoms. The van der Waals surface area contributed by atoms with Gasteiger partial charge in [-0.3, -0.25) is 4.79 Å². The van der Waals surface area contributed by atoms with Crippen LogP contribution in [0.4, 0.5) is 0 Å². The van der Waals surface area contributed by atoms with Crippen molar-refractivity contribution in [3.05, 3.63) is 45.7 Å². The second-order valence-electron chi connectivity index (χ2n) is 4.65. The van der Waals surface area contributed by atoms with E-state index in [9.17, 15) is 4.79 Å². The summed E-state index contributed by atoms with van der Waals surface area (Å²) >= 11 is 11.6. The first-order valence-electron chi connectivity index (χ1n) is 6.53. The number of hydrogen-bond donors (Lipinski definition) is 2. The number of rotatable bonds is 5. The van der Waals surface area contributed by atoms with Crippen molar-refractivity contribution in [1.82, 2.24) is 10.3 Å². The Bertz CT molecular complexity index is 666. The lowest BCUT2D eigenvalue weighted by atomic mass is 10.1. The maximum Gasteiger partial charge on any atom is 0.268 e. The predicted octanol–water partition coefficient (Wildman–Crippen LogP) is 3.83. The van der Waals surface area contributed by atoms with E-state index in [1.165, 1.54) is 6.07 Å². The molecule has 0 aliphatic carbocycles. The highest BCUT2D eigenvalue weighted by atomic mass is 35.5. The number of hydrogen-bond acceptors (Lipinski definition) is 3. The van der Waals surface area contributed by atoms with Gasteiger partial charge in [-0.1, -0.05) is 29.3 Å². The van der Waals surface area contributed by atoms with E-state index in [4.69, 9.17) is 32.7 Å². The van der Waals surface area contributed by atoms with Gasteiger partial charge in [0.15, 0.2) is 11.5 Å². The monoisotopic (exact) mass is 342 g/mol. The van der Waals surface area contributed by atoms with Crippen LogP contribution in [0.3, 0.4) is 0 Å². The van der Waals surface area contributed by atoms with Crippen LogP contribution < -0.4 is 14.8 Å². The van der Waals surface area contributed by atoms with Crippen LogP contribution in [0.2, 0.25) is 10.2 Å². The van der Waals surface area contributed by atoms with Crippen molar-refractivity contribution in [3.63, 3.8) is 0 Å². The number of H-pyrrole nitrogens is 1. The molecule has 1 heterocycles. The Morgan fingerprint density at radius 1 is 1.18 bits per heavy atom. The average Bonchev–Trinajstić information content (AvgIpc) is 2.86. The second-order valence-corrected chi connectivity index (χ2v) is 5.44. The Morgan fingerprint density at radius 3 is 2.41 bits per heavy atom. The summed E-state index contributed by atoms with van der Waals surface area (Å²) in [5.74, 6) is 0.941. The number of aromatic nitrogens is 1. The standard InChI is InChI=1S/C15H16Cl2N2O3/c1-8(9-4-5-12(21-2)13(6-9)22-3)18-15(20)11-7-10(16)14(17)19-11/h4-8,19H,1-3H3,(H,18,20). The summed E-state index contributed by atoms with van der Waals surface area (Å²) in [4.78, 5) is 14.9. The van der Waals surface area contributed by atoms with Crippen LogP contribution >= 0.6 is 23.2 Å². The van der Waals surface area contributed by atoms with Gasteiger partial charge in [-0.2, -0.15) is 0 Å². The van der Waals surface area contributed by atoms with Gasteiger partial charge in [0.1, 0.15) is 10.8 Å². The maximum atomic E-state index is 12.2. The molecular weight excluding hydrogens is 327 g/mol. The number of ether oxygens (including phenoxy) is 2. The lowest BCUT2D eigenvalue weighted by Gasteiger charge is -2.16. The number of benzene rings is 1. The molecule has 0 saturated carbocycles. The molecule has 1 amide bonds. The zero-order valence-electron chi connectivity index (χ0n) is 12.4. The smallest absolute Gasteiger partial charge is 0.268 e. The Morgan fingerprint density at radius 2 is 1.86 bits per heavy atom. The molecule has 1 aromatic carbocycles. The Balaban J connectivity index is 2.14. The van der Waals surface area contributed by atoms with Crippen LogP contribution in [-0.2, 0) is 0 Å². The number of carbonyl (C=O) groups is 1. The van der Waals surface area contributed by atoms with Gasteiger partial charge in [-0.15, -0.1) is 0 Å². The molecule has 0 aliphatic heterocycles. The third-order valence-corrected chi connectivity index (χ3v) is 3.92. The van der Waals surface area contributed by atoms with Crippen molar-refractivity contribution in [2.45, 2.75) is 13.0 Å². The molecule has 2 aromatic rings. The summed E-state index contributed by atoms with van der Waals surface area (Å²) in [5, 5.41) is 3.41. The van der Waals surface area contributed by atoms with E-state index >= 15 is 0 Å². The van der Waals surface area contributed by atoms with Crippen LogP contribution in [0.1, 0.15) is 29.0 Å². The third kappa shape index (κ3) is 3.48. The fraction of sp³-hybridized carbons (Fsp3) is 0.267. The number of amides is 1. The van der Waals surface area contributed by atoms with E-state index in [1.54, 1.807) is 20.3 Å². The van der Waals surface area contributed by atoms with Crippen molar-refractivity contribution in [2.24, 2.45) is 0 Å². The molecule has 2 N–H and O–H groups in total. The van der Waals surface area contributed by atoms with E-state index in [1.807, 2.05) is 19.1 Å². The zero-order chi connectivity index (χ0) is 16.3. The van der Waals surface area contributed by atoms with Crippen molar-refractivity contribution in [2.75, 3.05) is 14.2 Å². The van der Waals surface area contributed by atoms with Gasteiger partial charge in [-0.25, -0.2) is 0 Å². The minimum absolute atomic E-state index is 0.229. The SMILES string of the molecule is COc1ccc(C(C)NC(=O)c2cc(Cl)c(Cl)[nH]2)cc1OC. The highest BCUT2D eigenvalue weighted by molar-refractivity contribution is 6.41. The molecule has 118 valence electrons. The van der Waals surface area contributed by atoms with Crippen molar-refractivity contribution in [1.29, 1.82) is 0 Å². The Kier molecular flexibility index (Phi) is 5.21. The first kappa shape index (κ1) is 16.5. The minimum Gasteiger partial charge on any atom is -0.493 e. The van der Waals surface area contributed by atoms with Gasteiger partial charge in [-0.05, 0) is 30.7 Å². The van der Waals surface area contributed by atoms with E-state index in [0.29, 0.717) is 22.2 Å². The Hall–Kier alpha value is -1.85. The third-order valence-electron chi connectivity index (χ3n) is 3.22. The van der Waals surface area contributed by atoms with E-state index in [-0.39, 0.29) is 17.1 Å². The molecule has 2 rings (SSSR count). The van der Waals surface area contributed by atoms with Crippen molar-refractivity contribution < 1.29 is 14.3 Å². The molecule has 1 unspecified atom stereocenters. The molecular formula is C15H16Cl2N2O3. The van der Waals surface area contributed by atoms with Gasteiger partial charge in [0, 0.05) is 0 Å². The van der Waals surface area contributed by atoms with Crippen LogP contribution in [0.25, 0.3) is 0 Å². The summed E-state index contributed by atoms with van der Waals surface area (Å²) in [6, 6.07) is 6.73. The largest absolute Gasteiger partial charge is 0.493 e. The molecule has 0 saturated heterocycles. The van der Waals surface area contributed by atoms with Gasteiger partial charge in [0.2, 0.25) is 0 Å². The predicted molar refractivity (Wildman–Crippen MR) is 86.2 cm³/mol. The van der Waals surface area contributed by atoms with Gasteiger partial charge in [0.25, 0.3) is 5.91 Å². The fourth-order valence-electron chi connectivity index (χ4n) is 2.01. The maximum absolute atomic E-state index is 12.2. The van der Waals surface area contributed by atoms with Gasteiger partial charge in [0.05, 0.1) is 25.3 Å². The molecule has 1 aromatic heterocycles. The van der Waals surface area contributed by atoms with Crippen molar-refractivity contribution >= 4 is 29.1 Å². The lowest BCUT2D eigenvalue weighted by molar-refractivity contribution is 0.0935. The average molecular weight is 343 g/mol. The molecule has 0 spiro atoms. The zero-order valence-corrected chi connectivity index (χ0v) is 13.9. The van der Waals surface area contributed by atoms with E-state index in [0.717, 1.165) is 5.56 Å². The highest BCUT2D eigenvalue weighted by Gasteiger charge is 2.16. The number of methoxy groups -OCH3 is 2. The van der Waals surface area contributed by atoms with Crippen LogP contribution in [0, 0.1) is 0 Å². The summed E-state index contributed by atoms with van der Waals surface area (Å²) in [6.07, 6.45) is 0. The molecule has 1 atom stereocenters. The Labute approximate surface area is 138 Å². The molecule has 0 fully saturated rings. The number of halogens is 2. The van der Waals surface area contributed by atoms with Gasteiger partial charge >= 0.3 is 0 Å². The molecule has 0 radical (unpaired) electrons. The summed E-state index contributed by atoms with van der Waals surface area (Å²) in [5.41, 5.74) is 1.19. The highest BCUT2D eigenvalue weighted by Crippen LogP contribution is 2.30. The van der Waals surface area contributed by atoms with E-state index < -0.39 is 0 Å².